The topological polar surface area (TPSA) is 29.0 Å². The Bertz CT molecular complexity index is 393. The Labute approximate surface area is 95.5 Å². The normalized spacial score (nSPS) is 22.0. The number of likely N-dealkylation sites (tertiary alicyclic amines) is 1. The molecule has 0 bridgehead atoms. The quantitative estimate of drug-likeness (QED) is 0.751. The van der Waals surface area contributed by atoms with E-state index in [9.17, 15) is 17.6 Å². The lowest BCUT2D eigenvalue weighted by atomic mass is 10.3. The van der Waals surface area contributed by atoms with E-state index in [-0.39, 0.29) is 18.8 Å². The Balaban J connectivity index is 2.06. The van der Waals surface area contributed by atoms with Crippen LogP contribution < -0.4 is 0 Å². The van der Waals surface area contributed by atoms with Crippen molar-refractivity contribution in [3.05, 3.63) is 23.8 Å². The lowest BCUT2D eigenvalue weighted by molar-refractivity contribution is -0.145. The SMILES string of the molecule is F[C@H]1CCN(Cc2ccnc(C(F)(F)F)n2)C1. The second kappa shape index (κ2) is 4.56. The van der Waals surface area contributed by atoms with Gasteiger partial charge in [0.15, 0.2) is 0 Å². The molecule has 0 radical (unpaired) electrons. The van der Waals surface area contributed by atoms with Gasteiger partial charge >= 0.3 is 6.18 Å². The molecular formula is C10H11F4N3. The first-order chi connectivity index (χ1) is 7.95. The van der Waals surface area contributed by atoms with Gasteiger partial charge in [0.25, 0.3) is 0 Å². The summed E-state index contributed by atoms with van der Waals surface area (Å²) in [5, 5.41) is 0. The summed E-state index contributed by atoms with van der Waals surface area (Å²) < 4.78 is 49.9. The first kappa shape index (κ1) is 12.2. The fourth-order valence-corrected chi connectivity index (χ4v) is 1.78. The molecule has 94 valence electrons. The van der Waals surface area contributed by atoms with Crippen LogP contribution in [0.1, 0.15) is 17.9 Å². The van der Waals surface area contributed by atoms with E-state index in [4.69, 9.17) is 0 Å². The Kier molecular flexibility index (Phi) is 3.28. The minimum Gasteiger partial charge on any atom is -0.295 e. The average Bonchev–Trinajstić information content (AvgIpc) is 2.63. The van der Waals surface area contributed by atoms with E-state index in [0.29, 0.717) is 13.0 Å². The third-order valence-electron chi connectivity index (χ3n) is 2.57. The number of hydrogen-bond donors (Lipinski definition) is 0. The Hall–Kier alpha value is -1.24. The molecule has 1 aliphatic rings. The smallest absolute Gasteiger partial charge is 0.295 e. The molecule has 1 aliphatic heterocycles. The second-order valence-electron chi connectivity index (χ2n) is 3.99. The van der Waals surface area contributed by atoms with Gasteiger partial charge in [-0.05, 0) is 12.5 Å². The standard InChI is InChI=1S/C10H11F4N3/c11-7-2-4-17(5-7)6-8-1-3-15-9(16-8)10(12,13)14/h1,3,7H,2,4-6H2/t7-/m0/s1. The lowest BCUT2D eigenvalue weighted by Crippen LogP contribution is -2.22. The van der Waals surface area contributed by atoms with E-state index in [1.165, 1.54) is 6.07 Å². The van der Waals surface area contributed by atoms with Gasteiger partial charge in [-0.1, -0.05) is 0 Å². The van der Waals surface area contributed by atoms with Crippen molar-refractivity contribution in [1.82, 2.24) is 14.9 Å². The molecule has 1 fully saturated rings. The second-order valence-corrected chi connectivity index (χ2v) is 3.99. The molecule has 1 atom stereocenters. The predicted molar refractivity (Wildman–Crippen MR) is 51.8 cm³/mol. The van der Waals surface area contributed by atoms with Gasteiger partial charge < -0.3 is 0 Å². The van der Waals surface area contributed by atoms with Crippen molar-refractivity contribution in [2.24, 2.45) is 0 Å². The van der Waals surface area contributed by atoms with E-state index < -0.39 is 18.2 Å². The highest BCUT2D eigenvalue weighted by Crippen LogP contribution is 2.26. The minimum absolute atomic E-state index is 0.228. The van der Waals surface area contributed by atoms with Gasteiger partial charge in [0.05, 0.1) is 5.69 Å². The highest BCUT2D eigenvalue weighted by atomic mass is 19.4. The van der Waals surface area contributed by atoms with Crippen molar-refractivity contribution in [1.29, 1.82) is 0 Å². The van der Waals surface area contributed by atoms with Crippen LogP contribution in [0.5, 0.6) is 0 Å². The highest BCUT2D eigenvalue weighted by Gasteiger charge is 2.34. The molecule has 0 saturated carbocycles. The lowest BCUT2D eigenvalue weighted by Gasteiger charge is -2.14. The van der Waals surface area contributed by atoms with Crippen LogP contribution in [-0.2, 0) is 12.7 Å². The summed E-state index contributed by atoms with van der Waals surface area (Å²) in [4.78, 5) is 8.35. The van der Waals surface area contributed by atoms with E-state index in [2.05, 4.69) is 9.97 Å². The molecule has 1 saturated heterocycles. The third kappa shape index (κ3) is 3.12. The Morgan fingerprint density at radius 2 is 2.18 bits per heavy atom. The zero-order valence-corrected chi connectivity index (χ0v) is 8.91. The summed E-state index contributed by atoms with van der Waals surface area (Å²) in [6.45, 7) is 1.03. The summed E-state index contributed by atoms with van der Waals surface area (Å²) in [5.41, 5.74) is 0.265. The van der Waals surface area contributed by atoms with Crippen LogP contribution in [0.2, 0.25) is 0 Å². The molecular weight excluding hydrogens is 238 g/mol. The number of rotatable bonds is 2. The molecule has 0 unspecified atom stereocenters. The van der Waals surface area contributed by atoms with Crippen molar-refractivity contribution < 1.29 is 17.6 Å². The monoisotopic (exact) mass is 249 g/mol. The summed E-state index contributed by atoms with van der Waals surface area (Å²) in [6, 6.07) is 1.42. The van der Waals surface area contributed by atoms with E-state index in [1.807, 2.05) is 0 Å². The maximum Gasteiger partial charge on any atom is 0.451 e. The number of hydrogen-bond acceptors (Lipinski definition) is 3. The van der Waals surface area contributed by atoms with Gasteiger partial charge in [0.2, 0.25) is 5.82 Å². The summed E-state index contributed by atoms with van der Waals surface area (Å²) in [5.74, 6) is -1.15. The van der Waals surface area contributed by atoms with E-state index in [0.717, 1.165) is 6.20 Å². The first-order valence-corrected chi connectivity index (χ1v) is 5.20. The predicted octanol–water partition coefficient (Wildman–Crippen LogP) is 2.04. The van der Waals surface area contributed by atoms with E-state index in [1.54, 1.807) is 4.90 Å². The van der Waals surface area contributed by atoms with Gasteiger partial charge in [0, 0.05) is 25.8 Å². The molecule has 1 aromatic heterocycles. The molecule has 0 spiro atoms. The summed E-state index contributed by atoms with van der Waals surface area (Å²) >= 11 is 0. The van der Waals surface area contributed by atoms with Crippen LogP contribution >= 0.6 is 0 Å². The first-order valence-electron chi connectivity index (χ1n) is 5.20. The van der Waals surface area contributed by atoms with Gasteiger partial charge in [0.1, 0.15) is 6.17 Å². The number of nitrogens with zero attached hydrogens (tertiary/aromatic N) is 3. The fraction of sp³-hybridized carbons (Fsp3) is 0.600. The Morgan fingerprint density at radius 3 is 2.76 bits per heavy atom. The van der Waals surface area contributed by atoms with Crippen molar-refractivity contribution in [2.75, 3.05) is 13.1 Å². The van der Waals surface area contributed by atoms with Crippen LogP contribution in [0.15, 0.2) is 12.3 Å². The van der Waals surface area contributed by atoms with E-state index >= 15 is 0 Å². The van der Waals surface area contributed by atoms with Gasteiger partial charge in [-0.3, -0.25) is 4.90 Å². The zero-order valence-electron chi connectivity index (χ0n) is 8.91. The van der Waals surface area contributed by atoms with Crippen LogP contribution in [0.4, 0.5) is 17.6 Å². The maximum atomic E-state index is 12.9. The molecule has 2 heterocycles. The Morgan fingerprint density at radius 1 is 1.41 bits per heavy atom. The largest absolute Gasteiger partial charge is 0.451 e. The van der Waals surface area contributed by atoms with Crippen LogP contribution in [0.25, 0.3) is 0 Å². The molecule has 0 amide bonds. The summed E-state index contributed by atoms with van der Waals surface area (Å²) in [7, 11) is 0. The van der Waals surface area contributed by atoms with Crippen LogP contribution in [0, 0.1) is 0 Å². The average molecular weight is 249 g/mol. The molecule has 0 aliphatic carbocycles. The molecule has 7 heteroatoms. The van der Waals surface area contributed by atoms with Crippen LogP contribution in [0.3, 0.4) is 0 Å². The minimum atomic E-state index is -4.54. The number of halogens is 4. The van der Waals surface area contributed by atoms with Crippen molar-refractivity contribution in [2.45, 2.75) is 25.3 Å². The number of alkyl halides is 4. The highest BCUT2D eigenvalue weighted by molar-refractivity contribution is 5.04. The summed E-state index contributed by atoms with van der Waals surface area (Å²) in [6.07, 6.45) is -3.92. The van der Waals surface area contributed by atoms with Crippen molar-refractivity contribution in [3.8, 4) is 0 Å². The van der Waals surface area contributed by atoms with Gasteiger partial charge in [-0.25, -0.2) is 14.4 Å². The van der Waals surface area contributed by atoms with Gasteiger partial charge in [-0.15, -0.1) is 0 Å². The molecule has 1 aromatic rings. The van der Waals surface area contributed by atoms with Gasteiger partial charge in [-0.2, -0.15) is 13.2 Å². The molecule has 3 nitrogen and oxygen atoms in total. The van der Waals surface area contributed by atoms with Crippen molar-refractivity contribution in [3.63, 3.8) is 0 Å². The fourth-order valence-electron chi connectivity index (χ4n) is 1.78. The van der Waals surface area contributed by atoms with Crippen LogP contribution in [-0.4, -0.2) is 34.1 Å². The molecule has 0 N–H and O–H groups in total. The molecule has 0 aromatic carbocycles. The zero-order chi connectivity index (χ0) is 12.5. The maximum absolute atomic E-state index is 12.9. The van der Waals surface area contributed by atoms with Crippen molar-refractivity contribution >= 4 is 0 Å². The third-order valence-corrected chi connectivity index (χ3v) is 2.57. The molecule has 2 rings (SSSR count). The molecule has 17 heavy (non-hydrogen) atoms. The number of aromatic nitrogens is 2.